The molecule has 2 heteroatoms. The maximum Gasteiger partial charge on any atom is 0.162 e. The van der Waals surface area contributed by atoms with E-state index in [1.54, 1.807) is 13.8 Å². The lowest BCUT2D eigenvalue weighted by Gasteiger charge is -2.06. The molecule has 2 nitrogen and oxygen atoms in total. The van der Waals surface area contributed by atoms with Gasteiger partial charge in [0.1, 0.15) is 0 Å². The molecule has 0 bridgehead atoms. The minimum absolute atomic E-state index is 0.0642. The summed E-state index contributed by atoms with van der Waals surface area (Å²) < 4.78 is 0. The topological polar surface area (TPSA) is 34.1 Å². The molecule has 0 saturated carbocycles. The predicted molar refractivity (Wildman–Crippen MR) is 98.9 cm³/mol. The van der Waals surface area contributed by atoms with Gasteiger partial charge >= 0.3 is 0 Å². The Bertz CT molecular complexity index is 708. The summed E-state index contributed by atoms with van der Waals surface area (Å²) in [5.41, 5.74) is 5.29. The SMILES string of the molecule is C=C(C)C(=O)Cc1ccc(-c2ccc(CC(=O)C(=C)C)cc2)cc1. The number of ketones is 2. The molecule has 122 valence electrons. The van der Waals surface area contributed by atoms with Crippen molar-refractivity contribution in [3.63, 3.8) is 0 Å². The third kappa shape index (κ3) is 4.63. The van der Waals surface area contributed by atoms with Crippen molar-refractivity contribution in [2.45, 2.75) is 26.7 Å². The Labute approximate surface area is 143 Å². The summed E-state index contributed by atoms with van der Waals surface area (Å²) in [7, 11) is 0. The molecule has 0 amide bonds. The standard InChI is InChI=1S/C22H22O2/c1-15(2)21(23)13-17-5-9-19(10-6-17)20-11-7-18(8-12-20)14-22(24)16(3)4/h5-12H,1,3,13-14H2,2,4H3. The van der Waals surface area contributed by atoms with E-state index in [4.69, 9.17) is 0 Å². The molecule has 0 saturated heterocycles. The summed E-state index contributed by atoms with van der Waals surface area (Å²) in [6, 6.07) is 15.9. The lowest BCUT2D eigenvalue weighted by molar-refractivity contribution is -0.115. The Kier molecular flexibility index (Phi) is 5.64. The van der Waals surface area contributed by atoms with Gasteiger partial charge in [0.05, 0.1) is 0 Å². The van der Waals surface area contributed by atoms with Crippen molar-refractivity contribution in [3.05, 3.63) is 84.0 Å². The Morgan fingerprint density at radius 1 is 0.667 bits per heavy atom. The molecule has 0 aliphatic heterocycles. The molecule has 2 aromatic carbocycles. The molecular formula is C22H22O2. The first-order valence-electron chi connectivity index (χ1n) is 7.92. The lowest BCUT2D eigenvalue weighted by Crippen LogP contribution is -2.03. The van der Waals surface area contributed by atoms with Crippen LogP contribution in [-0.4, -0.2) is 11.6 Å². The number of hydrogen-bond acceptors (Lipinski definition) is 2. The summed E-state index contributed by atoms with van der Waals surface area (Å²) in [6.45, 7) is 10.8. The highest BCUT2D eigenvalue weighted by Gasteiger charge is 2.06. The molecule has 0 aliphatic rings. The van der Waals surface area contributed by atoms with Crippen LogP contribution in [0.1, 0.15) is 25.0 Å². The van der Waals surface area contributed by atoms with Crippen molar-refractivity contribution in [2.24, 2.45) is 0 Å². The van der Waals surface area contributed by atoms with Gasteiger partial charge in [0.25, 0.3) is 0 Å². The minimum atomic E-state index is 0.0642. The summed E-state index contributed by atoms with van der Waals surface area (Å²) in [5.74, 6) is 0.128. The maximum atomic E-state index is 11.7. The second-order valence-electron chi connectivity index (χ2n) is 6.15. The van der Waals surface area contributed by atoms with Gasteiger partial charge in [0.15, 0.2) is 11.6 Å². The van der Waals surface area contributed by atoms with Crippen molar-refractivity contribution in [1.29, 1.82) is 0 Å². The molecule has 0 unspecified atom stereocenters. The predicted octanol–water partition coefficient (Wildman–Crippen LogP) is 4.73. The fraction of sp³-hybridized carbons (Fsp3) is 0.182. The van der Waals surface area contributed by atoms with Crippen LogP contribution in [0.5, 0.6) is 0 Å². The van der Waals surface area contributed by atoms with Crippen LogP contribution in [-0.2, 0) is 22.4 Å². The van der Waals surface area contributed by atoms with Gasteiger partial charge in [-0.15, -0.1) is 0 Å². The van der Waals surface area contributed by atoms with Crippen molar-refractivity contribution in [1.82, 2.24) is 0 Å². The molecule has 0 N–H and O–H groups in total. The van der Waals surface area contributed by atoms with Crippen molar-refractivity contribution >= 4 is 11.6 Å². The zero-order valence-corrected chi connectivity index (χ0v) is 14.3. The lowest BCUT2D eigenvalue weighted by atomic mass is 9.98. The molecule has 0 fully saturated rings. The van der Waals surface area contributed by atoms with E-state index in [0.717, 1.165) is 22.3 Å². The van der Waals surface area contributed by atoms with Gasteiger partial charge in [-0.25, -0.2) is 0 Å². The van der Waals surface area contributed by atoms with E-state index >= 15 is 0 Å². The summed E-state index contributed by atoms with van der Waals surface area (Å²) in [6.07, 6.45) is 0.773. The van der Waals surface area contributed by atoms with Crippen molar-refractivity contribution in [3.8, 4) is 11.1 Å². The van der Waals surface area contributed by atoms with Crippen molar-refractivity contribution < 1.29 is 9.59 Å². The zero-order valence-electron chi connectivity index (χ0n) is 14.3. The van der Waals surface area contributed by atoms with E-state index in [9.17, 15) is 9.59 Å². The van der Waals surface area contributed by atoms with E-state index in [1.807, 2.05) is 48.5 Å². The number of carbonyl (C=O) groups excluding carboxylic acids is 2. The van der Waals surface area contributed by atoms with Gasteiger partial charge in [-0.3, -0.25) is 9.59 Å². The van der Waals surface area contributed by atoms with E-state index in [1.165, 1.54) is 0 Å². The molecule has 0 spiro atoms. The highest BCUT2D eigenvalue weighted by molar-refractivity contribution is 5.96. The van der Waals surface area contributed by atoms with E-state index in [0.29, 0.717) is 24.0 Å². The van der Waals surface area contributed by atoms with Gasteiger partial charge in [-0.05, 0) is 47.2 Å². The Balaban J connectivity index is 2.09. The quantitative estimate of drug-likeness (QED) is 0.692. The number of hydrogen-bond donors (Lipinski definition) is 0. The van der Waals surface area contributed by atoms with Gasteiger partial charge in [0, 0.05) is 12.8 Å². The maximum absolute atomic E-state index is 11.7. The van der Waals surface area contributed by atoms with Crippen LogP contribution in [0.3, 0.4) is 0 Å². The molecule has 2 aromatic rings. The van der Waals surface area contributed by atoms with Gasteiger partial charge in [-0.2, -0.15) is 0 Å². The molecule has 0 heterocycles. The Morgan fingerprint density at radius 2 is 0.958 bits per heavy atom. The van der Waals surface area contributed by atoms with Gasteiger partial charge in [-0.1, -0.05) is 61.7 Å². The smallest absolute Gasteiger partial charge is 0.162 e. The molecular weight excluding hydrogens is 296 g/mol. The third-order valence-electron chi connectivity index (χ3n) is 3.92. The molecule has 0 aliphatic carbocycles. The molecule has 0 aromatic heterocycles. The van der Waals surface area contributed by atoms with Gasteiger partial charge < -0.3 is 0 Å². The van der Waals surface area contributed by atoms with Crippen LogP contribution in [0.4, 0.5) is 0 Å². The monoisotopic (exact) mass is 318 g/mol. The molecule has 2 rings (SSSR count). The second-order valence-corrected chi connectivity index (χ2v) is 6.15. The molecule has 0 atom stereocenters. The van der Waals surface area contributed by atoms with Crippen LogP contribution >= 0.6 is 0 Å². The highest BCUT2D eigenvalue weighted by Crippen LogP contribution is 2.21. The average molecular weight is 318 g/mol. The van der Waals surface area contributed by atoms with Crippen LogP contribution in [0.2, 0.25) is 0 Å². The summed E-state index contributed by atoms with van der Waals surface area (Å²) in [5, 5.41) is 0. The minimum Gasteiger partial charge on any atom is -0.294 e. The van der Waals surface area contributed by atoms with E-state index in [2.05, 4.69) is 13.2 Å². The fourth-order valence-electron chi connectivity index (χ4n) is 2.30. The number of Topliss-reactive ketones (excluding diaryl/α,β-unsaturated/α-hetero) is 2. The first kappa shape index (κ1) is 17.6. The normalized spacial score (nSPS) is 10.2. The third-order valence-corrected chi connectivity index (χ3v) is 3.92. The Morgan fingerprint density at radius 3 is 1.21 bits per heavy atom. The Hall–Kier alpha value is -2.74. The second kappa shape index (κ2) is 7.69. The van der Waals surface area contributed by atoms with Crippen LogP contribution < -0.4 is 0 Å². The highest BCUT2D eigenvalue weighted by atomic mass is 16.1. The van der Waals surface area contributed by atoms with Crippen LogP contribution in [0.15, 0.2) is 72.8 Å². The molecule has 0 radical (unpaired) electrons. The number of allylic oxidation sites excluding steroid dienone is 2. The molecule has 24 heavy (non-hydrogen) atoms. The number of benzene rings is 2. The largest absolute Gasteiger partial charge is 0.294 e. The summed E-state index contributed by atoms with van der Waals surface area (Å²) >= 11 is 0. The van der Waals surface area contributed by atoms with E-state index < -0.39 is 0 Å². The van der Waals surface area contributed by atoms with Crippen LogP contribution in [0, 0.1) is 0 Å². The fourth-order valence-corrected chi connectivity index (χ4v) is 2.30. The first-order valence-corrected chi connectivity index (χ1v) is 7.92. The first-order chi connectivity index (χ1) is 11.4. The van der Waals surface area contributed by atoms with Crippen LogP contribution in [0.25, 0.3) is 11.1 Å². The number of carbonyl (C=O) groups is 2. The number of rotatable bonds is 7. The average Bonchev–Trinajstić information content (AvgIpc) is 2.56. The summed E-state index contributed by atoms with van der Waals surface area (Å²) in [4.78, 5) is 23.4. The zero-order chi connectivity index (χ0) is 17.7. The van der Waals surface area contributed by atoms with E-state index in [-0.39, 0.29) is 11.6 Å². The van der Waals surface area contributed by atoms with Crippen molar-refractivity contribution in [2.75, 3.05) is 0 Å². The van der Waals surface area contributed by atoms with Gasteiger partial charge in [0.2, 0.25) is 0 Å².